The average Bonchev–Trinajstić information content (AvgIpc) is 2.27. The molecule has 0 spiro atoms. The molecule has 2 aromatic rings. The van der Waals surface area contributed by atoms with Crippen molar-refractivity contribution in [1.29, 1.82) is 0 Å². The van der Waals surface area contributed by atoms with Gasteiger partial charge in [0.1, 0.15) is 0 Å². The topological polar surface area (TPSA) is 52.0 Å². The normalized spacial score (nSPS) is 10.7. The van der Waals surface area contributed by atoms with Crippen LogP contribution < -0.4 is 11.5 Å². The van der Waals surface area contributed by atoms with Gasteiger partial charge in [-0.1, -0.05) is 36.4 Å². The molecular formula is C12H14N2. The van der Waals surface area contributed by atoms with E-state index in [2.05, 4.69) is 24.3 Å². The summed E-state index contributed by atoms with van der Waals surface area (Å²) in [6, 6.07) is 12.4. The van der Waals surface area contributed by atoms with Crippen molar-refractivity contribution in [3.8, 4) is 0 Å². The SMILES string of the molecule is NCc1cccc2c(CN)cccc12. The first-order chi connectivity index (χ1) is 6.86. The summed E-state index contributed by atoms with van der Waals surface area (Å²) in [4.78, 5) is 0. The number of fused-ring (bicyclic) bond motifs is 1. The molecule has 0 aliphatic rings. The minimum absolute atomic E-state index is 0.575. The molecule has 0 heterocycles. The van der Waals surface area contributed by atoms with E-state index in [1.807, 2.05) is 12.1 Å². The maximum atomic E-state index is 5.68. The third-order valence-electron chi connectivity index (χ3n) is 2.54. The van der Waals surface area contributed by atoms with Gasteiger partial charge < -0.3 is 11.5 Å². The number of nitrogens with two attached hydrogens (primary N) is 2. The van der Waals surface area contributed by atoms with Gasteiger partial charge in [0.05, 0.1) is 0 Å². The Morgan fingerprint density at radius 3 is 1.50 bits per heavy atom. The lowest BCUT2D eigenvalue weighted by atomic mass is 10.0. The molecule has 0 radical (unpaired) electrons. The van der Waals surface area contributed by atoms with E-state index in [0.29, 0.717) is 13.1 Å². The molecule has 14 heavy (non-hydrogen) atoms. The first-order valence-electron chi connectivity index (χ1n) is 4.76. The Morgan fingerprint density at radius 2 is 1.14 bits per heavy atom. The van der Waals surface area contributed by atoms with E-state index in [-0.39, 0.29) is 0 Å². The zero-order chi connectivity index (χ0) is 9.97. The third kappa shape index (κ3) is 1.39. The molecule has 2 heteroatoms. The average molecular weight is 186 g/mol. The van der Waals surface area contributed by atoms with Gasteiger partial charge in [-0.3, -0.25) is 0 Å². The van der Waals surface area contributed by atoms with Gasteiger partial charge in [-0.25, -0.2) is 0 Å². The van der Waals surface area contributed by atoms with E-state index in [1.165, 1.54) is 21.9 Å². The second-order valence-electron chi connectivity index (χ2n) is 3.34. The number of rotatable bonds is 2. The highest BCUT2D eigenvalue weighted by Gasteiger charge is 2.01. The third-order valence-corrected chi connectivity index (χ3v) is 2.54. The zero-order valence-electron chi connectivity index (χ0n) is 8.03. The summed E-state index contributed by atoms with van der Waals surface area (Å²) in [5.41, 5.74) is 13.7. The molecule has 0 aromatic heterocycles. The Labute approximate surface area is 83.5 Å². The minimum Gasteiger partial charge on any atom is -0.326 e. The highest BCUT2D eigenvalue weighted by molar-refractivity contribution is 5.88. The van der Waals surface area contributed by atoms with Crippen LogP contribution in [0.15, 0.2) is 36.4 Å². The van der Waals surface area contributed by atoms with Crippen molar-refractivity contribution in [3.05, 3.63) is 47.5 Å². The number of hydrogen-bond donors (Lipinski definition) is 2. The van der Waals surface area contributed by atoms with Crippen LogP contribution in [0.5, 0.6) is 0 Å². The predicted molar refractivity (Wildman–Crippen MR) is 59.7 cm³/mol. The van der Waals surface area contributed by atoms with Crippen LogP contribution in [0.25, 0.3) is 10.8 Å². The first-order valence-corrected chi connectivity index (χ1v) is 4.76. The Bertz CT molecular complexity index is 406. The second-order valence-corrected chi connectivity index (χ2v) is 3.34. The Morgan fingerprint density at radius 1 is 0.714 bits per heavy atom. The predicted octanol–water partition coefficient (Wildman–Crippen LogP) is 1.76. The van der Waals surface area contributed by atoms with Crippen LogP contribution in [0.3, 0.4) is 0 Å². The molecule has 2 nitrogen and oxygen atoms in total. The van der Waals surface area contributed by atoms with E-state index >= 15 is 0 Å². The number of benzene rings is 2. The molecule has 0 aliphatic carbocycles. The fraction of sp³-hybridized carbons (Fsp3) is 0.167. The molecular weight excluding hydrogens is 172 g/mol. The van der Waals surface area contributed by atoms with Crippen molar-refractivity contribution >= 4 is 10.8 Å². The van der Waals surface area contributed by atoms with Crippen molar-refractivity contribution in [2.75, 3.05) is 0 Å². The van der Waals surface area contributed by atoms with E-state index in [0.717, 1.165) is 0 Å². The first kappa shape index (κ1) is 9.19. The van der Waals surface area contributed by atoms with Crippen LogP contribution in [0.2, 0.25) is 0 Å². The molecule has 0 aliphatic heterocycles. The lowest BCUT2D eigenvalue weighted by molar-refractivity contribution is 1.07. The molecule has 2 aromatic carbocycles. The summed E-state index contributed by atoms with van der Waals surface area (Å²) in [5, 5.41) is 2.44. The summed E-state index contributed by atoms with van der Waals surface area (Å²) >= 11 is 0. The maximum Gasteiger partial charge on any atom is 0.0184 e. The molecule has 4 N–H and O–H groups in total. The van der Waals surface area contributed by atoms with Crippen molar-refractivity contribution in [3.63, 3.8) is 0 Å². The fourth-order valence-corrected chi connectivity index (χ4v) is 1.80. The summed E-state index contributed by atoms with van der Waals surface area (Å²) in [6.45, 7) is 1.15. The quantitative estimate of drug-likeness (QED) is 0.750. The molecule has 2 rings (SSSR count). The smallest absolute Gasteiger partial charge is 0.0184 e. The van der Waals surface area contributed by atoms with Crippen LogP contribution in [-0.2, 0) is 13.1 Å². The monoisotopic (exact) mass is 186 g/mol. The van der Waals surface area contributed by atoms with E-state index in [9.17, 15) is 0 Å². The zero-order valence-corrected chi connectivity index (χ0v) is 8.03. The summed E-state index contributed by atoms with van der Waals surface area (Å²) in [5.74, 6) is 0. The number of hydrogen-bond acceptors (Lipinski definition) is 2. The molecule has 0 saturated heterocycles. The molecule has 0 fully saturated rings. The van der Waals surface area contributed by atoms with Gasteiger partial charge >= 0.3 is 0 Å². The Hall–Kier alpha value is -1.38. The Balaban J connectivity index is 2.77. The van der Waals surface area contributed by atoms with Crippen LogP contribution in [-0.4, -0.2) is 0 Å². The van der Waals surface area contributed by atoms with E-state index in [1.54, 1.807) is 0 Å². The lowest BCUT2D eigenvalue weighted by Gasteiger charge is -2.07. The van der Waals surface area contributed by atoms with Crippen LogP contribution in [0.1, 0.15) is 11.1 Å². The highest BCUT2D eigenvalue weighted by Crippen LogP contribution is 2.21. The highest BCUT2D eigenvalue weighted by atomic mass is 14.5. The van der Waals surface area contributed by atoms with Crippen molar-refractivity contribution in [1.82, 2.24) is 0 Å². The standard InChI is InChI=1S/C12H14N2/c13-7-9-3-1-5-11-10(8-14)4-2-6-12(9)11/h1-6H,7-8,13-14H2. The lowest BCUT2D eigenvalue weighted by Crippen LogP contribution is -2.00. The van der Waals surface area contributed by atoms with Gasteiger partial charge in [-0.05, 0) is 21.9 Å². The van der Waals surface area contributed by atoms with E-state index < -0.39 is 0 Å². The molecule has 0 atom stereocenters. The van der Waals surface area contributed by atoms with Gasteiger partial charge in [-0.2, -0.15) is 0 Å². The van der Waals surface area contributed by atoms with Gasteiger partial charge in [0, 0.05) is 13.1 Å². The van der Waals surface area contributed by atoms with Gasteiger partial charge in [0.25, 0.3) is 0 Å². The summed E-state index contributed by atoms with van der Waals surface area (Å²) < 4.78 is 0. The van der Waals surface area contributed by atoms with Gasteiger partial charge in [0.2, 0.25) is 0 Å². The van der Waals surface area contributed by atoms with Crippen molar-refractivity contribution in [2.24, 2.45) is 11.5 Å². The molecule has 0 bridgehead atoms. The molecule has 0 unspecified atom stereocenters. The second kappa shape index (κ2) is 3.78. The van der Waals surface area contributed by atoms with E-state index in [4.69, 9.17) is 11.5 Å². The minimum atomic E-state index is 0.575. The Kier molecular flexibility index (Phi) is 2.48. The largest absolute Gasteiger partial charge is 0.326 e. The summed E-state index contributed by atoms with van der Waals surface area (Å²) in [7, 11) is 0. The fourth-order valence-electron chi connectivity index (χ4n) is 1.80. The van der Waals surface area contributed by atoms with Crippen molar-refractivity contribution < 1.29 is 0 Å². The molecule has 0 saturated carbocycles. The molecule has 0 amide bonds. The van der Waals surface area contributed by atoms with Crippen LogP contribution >= 0.6 is 0 Å². The van der Waals surface area contributed by atoms with Crippen LogP contribution in [0.4, 0.5) is 0 Å². The van der Waals surface area contributed by atoms with Crippen molar-refractivity contribution in [2.45, 2.75) is 13.1 Å². The molecule has 72 valence electrons. The van der Waals surface area contributed by atoms with Gasteiger partial charge in [0.15, 0.2) is 0 Å². The van der Waals surface area contributed by atoms with Gasteiger partial charge in [-0.15, -0.1) is 0 Å². The maximum absolute atomic E-state index is 5.68. The summed E-state index contributed by atoms with van der Waals surface area (Å²) in [6.07, 6.45) is 0. The van der Waals surface area contributed by atoms with Crippen LogP contribution in [0, 0.1) is 0 Å².